The van der Waals surface area contributed by atoms with Gasteiger partial charge >= 0.3 is 5.97 Å². The molecule has 0 saturated carbocycles. The second-order valence-electron chi connectivity index (χ2n) is 5.95. The summed E-state index contributed by atoms with van der Waals surface area (Å²) in [6, 6.07) is 0. The van der Waals surface area contributed by atoms with Crippen LogP contribution in [0, 0.1) is 5.41 Å². The third-order valence-electron chi connectivity index (χ3n) is 2.73. The lowest BCUT2D eigenvalue weighted by Crippen LogP contribution is -2.52. The van der Waals surface area contributed by atoms with Crippen molar-refractivity contribution in [1.29, 1.82) is 0 Å². The monoisotopic (exact) mass is 282 g/mol. The molecule has 2 amide bonds. The fourth-order valence-electron chi connectivity index (χ4n) is 1.83. The summed E-state index contributed by atoms with van der Waals surface area (Å²) >= 11 is 0. The van der Waals surface area contributed by atoms with Crippen molar-refractivity contribution < 1.29 is 19.1 Å². The van der Waals surface area contributed by atoms with Gasteiger partial charge in [-0.25, -0.2) is 4.79 Å². The normalized spacial score (nSPS) is 19.2. The second-order valence-corrected chi connectivity index (χ2v) is 5.95. The van der Waals surface area contributed by atoms with E-state index < -0.39 is 18.0 Å². The molecule has 1 atom stereocenters. The number of hydrogen-bond donors (Lipinski definition) is 1. The lowest BCUT2D eigenvalue weighted by atomic mass is 9.91. The highest BCUT2D eigenvalue weighted by Crippen LogP contribution is 2.22. The van der Waals surface area contributed by atoms with Crippen molar-refractivity contribution in [1.82, 2.24) is 10.2 Å². The van der Waals surface area contributed by atoms with Crippen LogP contribution < -0.4 is 5.32 Å². The maximum absolute atomic E-state index is 12.2. The summed E-state index contributed by atoms with van der Waals surface area (Å²) in [5.74, 6) is -1.38. The molecule has 1 rings (SSSR count). The molecule has 0 aromatic carbocycles. The Labute approximate surface area is 119 Å². The Kier molecular flexibility index (Phi) is 4.92. The lowest BCUT2D eigenvalue weighted by molar-refractivity contribution is -0.141. The zero-order valence-corrected chi connectivity index (χ0v) is 12.6. The fraction of sp³-hybridized carbons (Fsp3) is 0.643. The molecule has 0 radical (unpaired) electrons. The molecule has 112 valence electrons. The minimum absolute atomic E-state index is 0.146. The van der Waals surface area contributed by atoms with Crippen molar-refractivity contribution in [2.24, 2.45) is 5.41 Å². The van der Waals surface area contributed by atoms with E-state index in [2.05, 4.69) is 5.32 Å². The molecule has 1 unspecified atom stereocenters. The van der Waals surface area contributed by atoms with Gasteiger partial charge in [-0.15, -0.1) is 0 Å². The first-order valence-electron chi connectivity index (χ1n) is 6.66. The Hall–Kier alpha value is -1.85. The maximum atomic E-state index is 12.2. The summed E-state index contributed by atoms with van der Waals surface area (Å²) in [5.41, 5.74) is -0.317. The minimum atomic E-state index is -0.717. The number of carbonyl (C=O) groups is 3. The van der Waals surface area contributed by atoms with Crippen molar-refractivity contribution in [3.63, 3.8) is 0 Å². The zero-order chi connectivity index (χ0) is 15.5. The van der Waals surface area contributed by atoms with Crippen molar-refractivity contribution >= 4 is 17.8 Å². The van der Waals surface area contributed by atoms with Crippen molar-refractivity contribution in [2.75, 3.05) is 6.61 Å². The van der Waals surface area contributed by atoms with Gasteiger partial charge in [0.05, 0.1) is 6.61 Å². The van der Waals surface area contributed by atoms with E-state index in [1.807, 2.05) is 20.8 Å². The summed E-state index contributed by atoms with van der Waals surface area (Å²) in [6.07, 6.45) is 1.13. The standard InChI is InChI=1S/C14H22N2O4/c1-6-20-13(19)10-8-16(9(2)15-12(10)18)11(17)7-14(3,4)5/h8-9H,6-7H2,1-5H3,(H,15,18). The molecule has 1 aliphatic rings. The summed E-state index contributed by atoms with van der Waals surface area (Å²) in [5, 5.41) is 2.58. The van der Waals surface area contributed by atoms with Gasteiger partial charge in [-0.1, -0.05) is 20.8 Å². The molecular formula is C14H22N2O4. The summed E-state index contributed by atoms with van der Waals surface area (Å²) in [4.78, 5) is 37.0. The van der Waals surface area contributed by atoms with Crippen LogP contribution in [0.3, 0.4) is 0 Å². The number of ether oxygens (including phenoxy) is 1. The quantitative estimate of drug-likeness (QED) is 0.623. The van der Waals surface area contributed by atoms with Crippen molar-refractivity contribution in [3.8, 4) is 0 Å². The number of nitrogens with one attached hydrogen (secondary N) is 1. The van der Waals surface area contributed by atoms with E-state index in [0.29, 0.717) is 6.42 Å². The molecule has 0 aromatic rings. The van der Waals surface area contributed by atoms with Crippen LogP contribution in [0.1, 0.15) is 41.0 Å². The molecule has 0 aliphatic carbocycles. The van der Waals surface area contributed by atoms with Gasteiger partial charge < -0.3 is 10.1 Å². The first-order chi connectivity index (χ1) is 9.15. The predicted molar refractivity (Wildman–Crippen MR) is 73.2 cm³/mol. The van der Waals surface area contributed by atoms with Gasteiger partial charge in [0, 0.05) is 12.6 Å². The molecule has 20 heavy (non-hydrogen) atoms. The number of rotatable bonds is 3. The van der Waals surface area contributed by atoms with E-state index in [1.165, 1.54) is 11.1 Å². The van der Waals surface area contributed by atoms with E-state index in [0.717, 1.165) is 0 Å². The SMILES string of the molecule is CCOC(=O)C1=CN(C(=O)CC(C)(C)C)C(C)NC1=O. The van der Waals surface area contributed by atoms with Crippen LogP contribution >= 0.6 is 0 Å². The van der Waals surface area contributed by atoms with Gasteiger partial charge in [-0.3, -0.25) is 14.5 Å². The molecule has 0 spiro atoms. The molecule has 1 N–H and O–H groups in total. The Morgan fingerprint density at radius 1 is 1.40 bits per heavy atom. The third-order valence-corrected chi connectivity index (χ3v) is 2.73. The van der Waals surface area contributed by atoms with Crippen LogP contribution in [0.2, 0.25) is 0 Å². The number of carbonyl (C=O) groups excluding carboxylic acids is 3. The molecule has 6 heteroatoms. The fourth-order valence-corrected chi connectivity index (χ4v) is 1.83. The third kappa shape index (κ3) is 4.08. The van der Waals surface area contributed by atoms with Crippen LogP contribution in [-0.4, -0.2) is 35.5 Å². The van der Waals surface area contributed by atoms with E-state index in [9.17, 15) is 14.4 Å². The molecule has 0 aromatic heterocycles. The number of nitrogens with zero attached hydrogens (tertiary/aromatic N) is 1. The summed E-state index contributed by atoms with van der Waals surface area (Å²) in [6.45, 7) is 9.38. The molecule has 0 saturated heterocycles. The Morgan fingerprint density at radius 3 is 2.50 bits per heavy atom. The van der Waals surface area contributed by atoms with Gasteiger partial charge in [-0.2, -0.15) is 0 Å². The molecule has 6 nitrogen and oxygen atoms in total. The van der Waals surface area contributed by atoms with Crippen LogP contribution in [-0.2, 0) is 19.1 Å². The second kappa shape index (κ2) is 6.07. The van der Waals surface area contributed by atoms with Crippen LogP contribution in [0.4, 0.5) is 0 Å². The highest BCUT2D eigenvalue weighted by atomic mass is 16.5. The Balaban J connectivity index is 2.97. The molecule has 0 fully saturated rings. The Bertz CT molecular complexity index is 449. The predicted octanol–water partition coefficient (Wildman–Crippen LogP) is 1.17. The van der Waals surface area contributed by atoms with Crippen LogP contribution in [0.15, 0.2) is 11.8 Å². The van der Waals surface area contributed by atoms with Gasteiger partial charge in [0.15, 0.2) is 0 Å². The number of esters is 1. The molecule has 1 aliphatic heterocycles. The first-order valence-corrected chi connectivity index (χ1v) is 6.66. The molecular weight excluding hydrogens is 260 g/mol. The van der Waals surface area contributed by atoms with Crippen LogP contribution in [0.5, 0.6) is 0 Å². The minimum Gasteiger partial charge on any atom is -0.462 e. The van der Waals surface area contributed by atoms with E-state index in [1.54, 1.807) is 13.8 Å². The van der Waals surface area contributed by atoms with Gasteiger partial charge in [0.1, 0.15) is 11.7 Å². The van der Waals surface area contributed by atoms with E-state index in [4.69, 9.17) is 4.74 Å². The topological polar surface area (TPSA) is 75.7 Å². The highest BCUT2D eigenvalue weighted by Gasteiger charge is 2.33. The average molecular weight is 282 g/mol. The smallest absolute Gasteiger partial charge is 0.345 e. The highest BCUT2D eigenvalue weighted by molar-refractivity contribution is 6.17. The molecule has 1 heterocycles. The number of amides is 2. The average Bonchev–Trinajstić information content (AvgIpc) is 2.26. The van der Waals surface area contributed by atoms with Crippen LogP contribution in [0.25, 0.3) is 0 Å². The number of hydrogen-bond acceptors (Lipinski definition) is 4. The molecule has 0 bridgehead atoms. The first kappa shape index (κ1) is 16.2. The van der Waals surface area contributed by atoms with Gasteiger partial charge in [0.2, 0.25) is 5.91 Å². The van der Waals surface area contributed by atoms with Gasteiger partial charge in [-0.05, 0) is 19.3 Å². The summed E-state index contributed by atoms with van der Waals surface area (Å²) in [7, 11) is 0. The van der Waals surface area contributed by atoms with Crippen molar-refractivity contribution in [3.05, 3.63) is 11.8 Å². The summed E-state index contributed by atoms with van der Waals surface area (Å²) < 4.78 is 4.81. The Morgan fingerprint density at radius 2 is 2.00 bits per heavy atom. The van der Waals surface area contributed by atoms with Gasteiger partial charge in [0.25, 0.3) is 5.91 Å². The largest absolute Gasteiger partial charge is 0.462 e. The van der Waals surface area contributed by atoms with E-state index >= 15 is 0 Å². The maximum Gasteiger partial charge on any atom is 0.345 e. The van der Waals surface area contributed by atoms with E-state index in [-0.39, 0.29) is 23.5 Å². The zero-order valence-electron chi connectivity index (χ0n) is 12.6. The van der Waals surface area contributed by atoms with Crippen molar-refractivity contribution in [2.45, 2.75) is 47.2 Å². The lowest BCUT2D eigenvalue weighted by Gasteiger charge is -2.33.